The van der Waals surface area contributed by atoms with Crippen molar-refractivity contribution in [2.24, 2.45) is 0 Å². The maximum absolute atomic E-state index is 10.7. The number of nitro groups is 1. The van der Waals surface area contributed by atoms with Gasteiger partial charge in [-0.15, -0.1) is 5.10 Å². The lowest BCUT2D eigenvalue weighted by Gasteiger charge is -1.99. The van der Waals surface area contributed by atoms with Gasteiger partial charge in [-0.3, -0.25) is 10.1 Å². The molecule has 0 amide bonds. The minimum atomic E-state index is -0.623. The van der Waals surface area contributed by atoms with Crippen LogP contribution in [0.5, 0.6) is 0 Å². The van der Waals surface area contributed by atoms with Crippen LogP contribution in [0, 0.1) is 10.1 Å². The van der Waals surface area contributed by atoms with Gasteiger partial charge in [-0.25, -0.2) is 9.89 Å². The number of hydrogen-bond acceptors (Lipinski definition) is 5. The van der Waals surface area contributed by atoms with Crippen molar-refractivity contribution in [3.8, 4) is 0 Å². The van der Waals surface area contributed by atoms with Crippen molar-refractivity contribution in [3.05, 3.63) is 56.4 Å². The predicted octanol–water partition coefficient (Wildman–Crippen LogP) is 1.06. The van der Waals surface area contributed by atoms with Crippen LogP contribution in [-0.4, -0.2) is 15.1 Å². The second-order valence-corrected chi connectivity index (χ2v) is 3.39. The molecule has 0 bridgehead atoms. The van der Waals surface area contributed by atoms with Crippen molar-refractivity contribution in [3.63, 3.8) is 0 Å². The van der Waals surface area contributed by atoms with Crippen molar-refractivity contribution in [1.82, 2.24) is 10.2 Å². The summed E-state index contributed by atoms with van der Waals surface area (Å²) in [5.41, 5.74) is 0.647. The number of para-hydroxylation sites is 1. The van der Waals surface area contributed by atoms with Crippen LogP contribution in [0.15, 0.2) is 33.5 Å². The Hall–Kier alpha value is -2.44. The van der Waals surface area contributed by atoms with E-state index in [4.69, 9.17) is 4.42 Å². The quantitative estimate of drug-likeness (QED) is 0.630. The number of nitro benzene ring substituents is 1. The highest BCUT2D eigenvalue weighted by atomic mass is 16.6. The molecule has 0 aliphatic rings. The molecule has 0 aliphatic carbocycles. The molecule has 0 unspecified atom stereocenters. The normalized spacial score (nSPS) is 10.4. The second kappa shape index (κ2) is 4.60. The van der Waals surface area contributed by atoms with Crippen LogP contribution in [0.2, 0.25) is 0 Å². The molecule has 1 aromatic carbocycles. The lowest BCUT2D eigenvalue weighted by Crippen LogP contribution is -1.98. The summed E-state index contributed by atoms with van der Waals surface area (Å²) in [6, 6.07) is 6.44. The van der Waals surface area contributed by atoms with Gasteiger partial charge < -0.3 is 4.42 Å². The summed E-state index contributed by atoms with van der Waals surface area (Å²) in [7, 11) is 0. The summed E-state index contributed by atoms with van der Waals surface area (Å²) in [6.45, 7) is 0. The van der Waals surface area contributed by atoms with Gasteiger partial charge in [0.1, 0.15) is 0 Å². The summed E-state index contributed by atoms with van der Waals surface area (Å²) in [5.74, 6) is -0.379. The van der Waals surface area contributed by atoms with Crippen LogP contribution in [0.1, 0.15) is 11.5 Å². The average Bonchev–Trinajstić information content (AvgIpc) is 2.73. The second-order valence-electron chi connectivity index (χ2n) is 3.39. The van der Waals surface area contributed by atoms with Crippen molar-refractivity contribution in [2.75, 3.05) is 0 Å². The van der Waals surface area contributed by atoms with Gasteiger partial charge in [0.2, 0.25) is 5.89 Å². The lowest BCUT2D eigenvalue weighted by atomic mass is 10.1. The molecule has 0 spiro atoms. The van der Waals surface area contributed by atoms with Gasteiger partial charge in [0.15, 0.2) is 0 Å². The van der Waals surface area contributed by atoms with Gasteiger partial charge in [-0.05, 0) is 6.42 Å². The van der Waals surface area contributed by atoms with Gasteiger partial charge in [-0.1, -0.05) is 18.2 Å². The molecule has 0 atom stereocenters. The Morgan fingerprint density at radius 1 is 1.35 bits per heavy atom. The van der Waals surface area contributed by atoms with Crippen LogP contribution in [-0.2, 0) is 12.8 Å². The molecule has 1 aromatic heterocycles. The third-order valence-electron chi connectivity index (χ3n) is 2.28. The molecule has 0 aliphatic heterocycles. The molecular weight excluding hydrogens is 226 g/mol. The van der Waals surface area contributed by atoms with E-state index in [0.717, 1.165) is 0 Å². The Kier molecular flexibility index (Phi) is 2.99. The van der Waals surface area contributed by atoms with Gasteiger partial charge in [0.05, 0.1) is 4.92 Å². The highest BCUT2D eigenvalue weighted by Gasteiger charge is 2.13. The third kappa shape index (κ3) is 2.57. The van der Waals surface area contributed by atoms with E-state index in [1.54, 1.807) is 18.2 Å². The largest absolute Gasteiger partial charge is 0.434 e. The Morgan fingerprint density at radius 3 is 2.76 bits per heavy atom. The first-order valence-electron chi connectivity index (χ1n) is 4.93. The molecule has 7 nitrogen and oxygen atoms in total. The number of nitrogens with one attached hydrogen (secondary N) is 1. The first kappa shape index (κ1) is 11.1. The Balaban J connectivity index is 2.14. The fourth-order valence-corrected chi connectivity index (χ4v) is 1.51. The van der Waals surface area contributed by atoms with Crippen LogP contribution in [0.4, 0.5) is 5.69 Å². The Morgan fingerprint density at radius 2 is 2.12 bits per heavy atom. The molecule has 0 fully saturated rings. The maximum atomic E-state index is 10.7. The minimum Gasteiger partial charge on any atom is -0.392 e. The first-order valence-corrected chi connectivity index (χ1v) is 4.93. The van der Waals surface area contributed by atoms with Crippen molar-refractivity contribution < 1.29 is 9.34 Å². The summed E-state index contributed by atoms with van der Waals surface area (Å²) < 4.78 is 4.71. The smallest absolute Gasteiger partial charge is 0.392 e. The van der Waals surface area contributed by atoms with E-state index >= 15 is 0 Å². The summed E-state index contributed by atoms with van der Waals surface area (Å²) in [4.78, 5) is 21.0. The Labute approximate surface area is 95.2 Å². The zero-order valence-corrected chi connectivity index (χ0v) is 8.75. The van der Waals surface area contributed by atoms with E-state index in [1.165, 1.54) is 6.07 Å². The maximum Gasteiger partial charge on any atom is 0.434 e. The van der Waals surface area contributed by atoms with Gasteiger partial charge in [-0.2, -0.15) is 0 Å². The molecule has 88 valence electrons. The molecule has 17 heavy (non-hydrogen) atoms. The number of benzene rings is 1. The van der Waals surface area contributed by atoms with Crippen LogP contribution < -0.4 is 5.76 Å². The first-order chi connectivity index (χ1) is 8.16. The number of nitrogens with zero attached hydrogens (tertiary/aromatic N) is 2. The highest BCUT2D eigenvalue weighted by molar-refractivity contribution is 5.39. The highest BCUT2D eigenvalue weighted by Crippen LogP contribution is 2.18. The number of H-pyrrole nitrogens is 1. The van der Waals surface area contributed by atoms with E-state index < -0.39 is 10.7 Å². The van der Waals surface area contributed by atoms with Gasteiger partial charge >= 0.3 is 5.76 Å². The topological polar surface area (TPSA) is 102 Å². The SMILES string of the molecule is O=c1[nH]nc(CCc2ccccc2[N+](=O)[O-])o1. The predicted molar refractivity (Wildman–Crippen MR) is 57.6 cm³/mol. The fraction of sp³-hybridized carbons (Fsp3) is 0.200. The van der Waals surface area contributed by atoms with Crippen molar-refractivity contribution >= 4 is 5.69 Å². The van der Waals surface area contributed by atoms with Crippen molar-refractivity contribution in [2.45, 2.75) is 12.8 Å². The van der Waals surface area contributed by atoms with E-state index in [-0.39, 0.29) is 11.6 Å². The van der Waals surface area contributed by atoms with Crippen LogP contribution in [0.25, 0.3) is 0 Å². The van der Waals surface area contributed by atoms with E-state index in [9.17, 15) is 14.9 Å². The molecule has 0 saturated heterocycles. The number of rotatable bonds is 4. The van der Waals surface area contributed by atoms with Crippen LogP contribution >= 0.6 is 0 Å². The number of aromatic nitrogens is 2. The summed E-state index contributed by atoms with van der Waals surface area (Å²) >= 11 is 0. The Bertz CT molecular complexity index is 587. The zero-order valence-electron chi connectivity index (χ0n) is 8.75. The average molecular weight is 235 g/mol. The number of hydrogen-bond donors (Lipinski definition) is 1. The van der Waals surface area contributed by atoms with E-state index in [0.29, 0.717) is 18.4 Å². The van der Waals surface area contributed by atoms with Crippen LogP contribution in [0.3, 0.4) is 0 Å². The molecular formula is C10H9N3O4. The summed E-state index contributed by atoms with van der Waals surface area (Å²) in [6.07, 6.45) is 0.731. The van der Waals surface area contributed by atoms with Gasteiger partial charge in [0, 0.05) is 18.1 Å². The molecule has 0 radical (unpaired) electrons. The molecule has 2 aromatic rings. The van der Waals surface area contributed by atoms with Gasteiger partial charge in [0.25, 0.3) is 5.69 Å². The van der Waals surface area contributed by atoms with Crippen molar-refractivity contribution in [1.29, 1.82) is 0 Å². The molecule has 7 heteroatoms. The summed E-state index contributed by atoms with van der Waals surface area (Å²) in [5, 5.41) is 16.5. The molecule has 1 heterocycles. The number of aromatic amines is 1. The minimum absolute atomic E-state index is 0.0605. The molecule has 2 rings (SSSR count). The lowest BCUT2D eigenvalue weighted by molar-refractivity contribution is -0.385. The van der Waals surface area contributed by atoms with E-state index in [2.05, 4.69) is 10.2 Å². The number of aryl methyl sites for hydroxylation is 2. The fourth-order valence-electron chi connectivity index (χ4n) is 1.51. The van der Waals surface area contributed by atoms with E-state index in [1.807, 2.05) is 0 Å². The monoisotopic (exact) mass is 235 g/mol. The molecule has 0 saturated carbocycles. The molecule has 1 N–H and O–H groups in total. The zero-order chi connectivity index (χ0) is 12.3. The third-order valence-corrected chi connectivity index (χ3v) is 2.28. The standard InChI is InChI=1S/C10H9N3O4/c14-10-12-11-9(17-10)6-5-7-3-1-2-4-8(7)13(15)16/h1-4H,5-6H2,(H,12,14).